The van der Waals surface area contributed by atoms with Gasteiger partial charge in [0, 0.05) is 12.8 Å². The summed E-state index contributed by atoms with van der Waals surface area (Å²) in [4.78, 5) is 51.0. The van der Waals surface area contributed by atoms with E-state index in [2.05, 4.69) is 148 Å². The Morgan fingerprint density at radius 2 is 0.818 bits per heavy atom. The molecule has 6 unspecified atom stereocenters. The van der Waals surface area contributed by atoms with Gasteiger partial charge in [-0.2, -0.15) is 0 Å². The molecule has 430 valence electrons. The molecule has 1 aliphatic heterocycles. The summed E-state index contributed by atoms with van der Waals surface area (Å²) in [7, 11) is 0. The first-order valence-corrected chi connectivity index (χ1v) is 28.8. The molecule has 1 fully saturated rings. The summed E-state index contributed by atoms with van der Waals surface area (Å²) < 4.78 is 28.2. The molecule has 1 rings (SSSR count). The van der Waals surface area contributed by atoms with Crippen LogP contribution in [-0.2, 0) is 42.9 Å². The van der Waals surface area contributed by atoms with E-state index in [9.17, 15) is 34.5 Å². The first-order chi connectivity index (χ1) is 37.6. The van der Waals surface area contributed by atoms with Crippen molar-refractivity contribution in [2.24, 2.45) is 0 Å². The van der Waals surface area contributed by atoms with Crippen LogP contribution in [0.25, 0.3) is 0 Å². The maximum Gasteiger partial charge on any atom is 0.335 e. The molecule has 1 saturated heterocycles. The molecule has 0 spiro atoms. The van der Waals surface area contributed by atoms with E-state index in [1.165, 1.54) is 0 Å². The fourth-order valence-corrected chi connectivity index (χ4v) is 7.62. The molecule has 12 heteroatoms. The molecule has 6 atom stereocenters. The standard InChI is InChI=1S/C65H98O12/c1-4-7-10-13-16-19-22-25-27-28-29-30-32-35-38-41-44-47-50-53-59(68)76-63-61(70)60(69)62(64(71)72)77-65(63)74-55-56(75-58(67)52-49-46-43-40-37-33-24-21-18-15-12-9-6-3)54-73-57(66)51-48-45-42-39-36-34-31-26-23-20-17-14-11-8-5-2/h7-12,16-21,25-27,29-31,33,36-37,39,45,48,56,60-63,65,69-70H,4-6,13-15,22-24,28,32,34-35,38,40-44,46-47,49-55H2,1-3H3,(H,71,72)/b10-7-,11-8-,12-9-,19-16-,20-17-,21-18-,27-25-,30-29-,31-26-,37-33-,39-36-,48-45-. The minimum Gasteiger partial charge on any atom is -0.479 e. The molecule has 1 aliphatic rings. The first kappa shape index (κ1) is 69.6. The Balaban J connectivity index is 2.76. The number of aliphatic hydroxyl groups excluding tert-OH is 2. The number of hydrogen-bond donors (Lipinski definition) is 3. The van der Waals surface area contributed by atoms with Crippen molar-refractivity contribution in [1.29, 1.82) is 0 Å². The molecular formula is C65H98O12. The Hall–Kier alpha value is -5.40. The number of hydrogen-bond acceptors (Lipinski definition) is 11. The average molecular weight is 1070 g/mol. The summed E-state index contributed by atoms with van der Waals surface area (Å²) in [5.74, 6) is -3.37. The number of carboxylic acid groups (broad SMARTS) is 1. The Labute approximate surface area is 463 Å². The topological polar surface area (TPSA) is 175 Å². The lowest BCUT2D eigenvalue weighted by atomic mass is 9.98. The van der Waals surface area contributed by atoms with Crippen LogP contribution in [-0.4, -0.2) is 89.2 Å². The SMILES string of the molecule is CC/C=C\C/C=C\C/C=C\C/C=C\C/C=C\CC(=O)OCC(COC1OC(C(=O)O)C(O)C(O)C1OC(=O)CCCCCCCC/C=C\C/C=C\C/C=C\C/C=C\CC)OC(=O)CCCCC/C=C\C/C=C\C/C=C\CC. The van der Waals surface area contributed by atoms with E-state index in [1.807, 2.05) is 12.2 Å². The highest BCUT2D eigenvalue weighted by Crippen LogP contribution is 2.26. The van der Waals surface area contributed by atoms with Gasteiger partial charge in [0.2, 0.25) is 0 Å². The van der Waals surface area contributed by atoms with Crippen molar-refractivity contribution in [3.63, 3.8) is 0 Å². The largest absolute Gasteiger partial charge is 0.479 e. The van der Waals surface area contributed by atoms with Crippen LogP contribution in [0.3, 0.4) is 0 Å². The summed E-state index contributed by atoms with van der Waals surface area (Å²) in [6.45, 7) is 5.50. The molecule has 0 aliphatic carbocycles. The predicted octanol–water partition coefficient (Wildman–Crippen LogP) is 14.8. The number of rotatable bonds is 46. The molecule has 77 heavy (non-hydrogen) atoms. The third-order valence-corrected chi connectivity index (χ3v) is 11.9. The number of aliphatic hydroxyl groups is 2. The number of ether oxygens (including phenoxy) is 5. The molecule has 0 aromatic carbocycles. The van der Waals surface area contributed by atoms with Gasteiger partial charge in [-0.15, -0.1) is 0 Å². The molecule has 12 nitrogen and oxygen atoms in total. The van der Waals surface area contributed by atoms with E-state index < -0.39 is 73.9 Å². The summed E-state index contributed by atoms with van der Waals surface area (Å²) in [5, 5.41) is 31.5. The van der Waals surface area contributed by atoms with Gasteiger partial charge in [0.05, 0.1) is 13.0 Å². The zero-order valence-electron chi connectivity index (χ0n) is 47.1. The second-order valence-electron chi connectivity index (χ2n) is 18.8. The second-order valence-corrected chi connectivity index (χ2v) is 18.8. The lowest BCUT2D eigenvalue weighted by molar-refractivity contribution is -0.301. The maximum atomic E-state index is 13.1. The third kappa shape index (κ3) is 41.4. The van der Waals surface area contributed by atoms with Crippen molar-refractivity contribution in [3.8, 4) is 0 Å². The van der Waals surface area contributed by atoms with Crippen molar-refractivity contribution < 1.29 is 58.2 Å². The molecule has 1 heterocycles. The summed E-state index contributed by atoms with van der Waals surface area (Å²) in [6, 6.07) is 0. The molecule has 0 aromatic heterocycles. The van der Waals surface area contributed by atoms with Crippen molar-refractivity contribution in [2.75, 3.05) is 13.2 Å². The highest BCUT2D eigenvalue weighted by atomic mass is 16.7. The molecule has 3 N–H and O–H groups in total. The van der Waals surface area contributed by atoms with Gasteiger partial charge < -0.3 is 39.0 Å². The van der Waals surface area contributed by atoms with Crippen molar-refractivity contribution in [1.82, 2.24) is 0 Å². The van der Waals surface area contributed by atoms with Crippen molar-refractivity contribution in [3.05, 3.63) is 146 Å². The minimum absolute atomic E-state index is 0.0231. The average Bonchev–Trinajstić information content (AvgIpc) is 3.42. The minimum atomic E-state index is -1.93. The Kier molecular flexibility index (Phi) is 46.4. The summed E-state index contributed by atoms with van der Waals surface area (Å²) >= 11 is 0. The number of allylic oxidation sites excluding steroid dienone is 23. The highest BCUT2D eigenvalue weighted by Gasteiger charge is 2.50. The van der Waals surface area contributed by atoms with Gasteiger partial charge in [-0.3, -0.25) is 14.4 Å². The van der Waals surface area contributed by atoms with Crippen LogP contribution in [0.1, 0.15) is 188 Å². The smallest absolute Gasteiger partial charge is 0.335 e. The van der Waals surface area contributed by atoms with Gasteiger partial charge in [-0.25, -0.2) is 4.79 Å². The lowest BCUT2D eigenvalue weighted by Crippen LogP contribution is -2.61. The number of aliphatic carboxylic acids is 1. The Morgan fingerprint density at radius 1 is 0.442 bits per heavy atom. The fraction of sp³-hybridized carbons (Fsp3) is 0.569. The summed E-state index contributed by atoms with van der Waals surface area (Å²) in [5.41, 5.74) is 0. The van der Waals surface area contributed by atoms with E-state index in [-0.39, 0.29) is 19.3 Å². The maximum absolute atomic E-state index is 13.1. The zero-order chi connectivity index (χ0) is 56.1. The van der Waals surface area contributed by atoms with Gasteiger partial charge >= 0.3 is 23.9 Å². The first-order valence-electron chi connectivity index (χ1n) is 28.8. The predicted molar refractivity (Wildman–Crippen MR) is 312 cm³/mol. The van der Waals surface area contributed by atoms with Gasteiger partial charge in [-0.1, -0.05) is 199 Å². The van der Waals surface area contributed by atoms with E-state index in [0.717, 1.165) is 128 Å². The van der Waals surface area contributed by atoms with Crippen LogP contribution in [0.2, 0.25) is 0 Å². The van der Waals surface area contributed by atoms with Crippen LogP contribution in [0.5, 0.6) is 0 Å². The van der Waals surface area contributed by atoms with Gasteiger partial charge in [-0.05, 0) is 116 Å². The lowest BCUT2D eigenvalue weighted by Gasteiger charge is -2.40. The highest BCUT2D eigenvalue weighted by molar-refractivity contribution is 5.74. The monoisotopic (exact) mass is 1070 g/mol. The third-order valence-electron chi connectivity index (χ3n) is 11.9. The van der Waals surface area contributed by atoms with Gasteiger partial charge in [0.25, 0.3) is 0 Å². The molecule has 0 radical (unpaired) electrons. The number of esters is 3. The van der Waals surface area contributed by atoms with E-state index in [4.69, 9.17) is 23.7 Å². The van der Waals surface area contributed by atoms with Crippen molar-refractivity contribution in [2.45, 2.75) is 225 Å². The molecule has 0 bridgehead atoms. The second kappa shape index (κ2) is 51.4. The Morgan fingerprint density at radius 3 is 1.26 bits per heavy atom. The normalized spacial score (nSPS) is 19.1. The van der Waals surface area contributed by atoms with Crippen LogP contribution < -0.4 is 0 Å². The van der Waals surface area contributed by atoms with Gasteiger partial charge in [0.1, 0.15) is 18.8 Å². The van der Waals surface area contributed by atoms with E-state index >= 15 is 0 Å². The molecule has 0 saturated carbocycles. The molecule has 0 amide bonds. The van der Waals surface area contributed by atoms with E-state index in [1.54, 1.807) is 6.08 Å². The van der Waals surface area contributed by atoms with Crippen LogP contribution in [0, 0.1) is 0 Å². The molecular weight excluding hydrogens is 973 g/mol. The van der Waals surface area contributed by atoms with Gasteiger partial charge in [0.15, 0.2) is 24.6 Å². The number of unbranched alkanes of at least 4 members (excludes halogenated alkanes) is 9. The Bertz CT molecular complexity index is 1890. The quantitative estimate of drug-likeness (QED) is 0.0228. The summed E-state index contributed by atoms with van der Waals surface area (Å²) in [6.07, 6.45) is 61.3. The fourth-order valence-electron chi connectivity index (χ4n) is 7.62. The molecule has 0 aromatic rings. The van der Waals surface area contributed by atoms with Crippen LogP contribution >= 0.6 is 0 Å². The van der Waals surface area contributed by atoms with Crippen molar-refractivity contribution >= 4 is 23.9 Å². The van der Waals surface area contributed by atoms with E-state index in [0.29, 0.717) is 19.3 Å². The number of carbonyl (C=O) groups is 4. The van der Waals surface area contributed by atoms with Crippen LogP contribution in [0.15, 0.2) is 146 Å². The number of carboxylic acids is 1. The number of carbonyl (C=O) groups excluding carboxylic acids is 3. The van der Waals surface area contributed by atoms with Crippen LogP contribution in [0.4, 0.5) is 0 Å². The zero-order valence-corrected chi connectivity index (χ0v) is 47.1.